The first-order valence-corrected chi connectivity index (χ1v) is 6.32. The fourth-order valence-electron chi connectivity index (χ4n) is 1.99. The Labute approximate surface area is 115 Å². The molecule has 5 heteroatoms. The third kappa shape index (κ3) is 2.35. The number of anilines is 2. The van der Waals surface area contributed by atoms with Crippen LogP contribution >= 0.6 is 11.6 Å². The van der Waals surface area contributed by atoms with Crippen LogP contribution in [-0.4, -0.2) is 10.2 Å². The van der Waals surface area contributed by atoms with Crippen LogP contribution in [0.5, 0.6) is 0 Å². The van der Waals surface area contributed by atoms with E-state index in [4.69, 9.17) is 17.3 Å². The van der Waals surface area contributed by atoms with E-state index in [-0.39, 0.29) is 0 Å². The Morgan fingerprint density at radius 1 is 1.26 bits per heavy atom. The molecule has 0 saturated carbocycles. The van der Waals surface area contributed by atoms with Crippen LogP contribution in [0.2, 0.25) is 5.02 Å². The maximum atomic E-state index is 6.12. The lowest BCUT2D eigenvalue weighted by atomic mass is 10.2. The number of aromatic nitrogens is 2. The van der Waals surface area contributed by atoms with E-state index in [1.165, 1.54) is 0 Å². The second-order valence-corrected chi connectivity index (χ2v) is 4.75. The monoisotopic (exact) mass is 272 g/mol. The van der Waals surface area contributed by atoms with Gasteiger partial charge in [0.1, 0.15) is 0 Å². The van der Waals surface area contributed by atoms with E-state index in [1.54, 1.807) is 6.20 Å². The molecule has 0 unspecified atom stereocenters. The van der Waals surface area contributed by atoms with Crippen molar-refractivity contribution in [2.45, 2.75) is 6.54 Å². The number of benzene rings is 2. The van der Waals surface area contributed by atoms with Gasteiger partial charge in [0.2, 0.25) is 0 Å². The summed E-state index contributed by atoms with van der Waals surface area (Å²) in [7, 11) is 0. The molecule has 0 bridgehead atoms. The smallest absolute Gasteiger partial charge is 0.0672 e. The van der Waals surface area contributed by atoms with Crippen LogP contribution in [0.4, 0.5) is 11.4 Å². The number of hydrogen-bond acceptors (Lipinski definition) is 3. The van der Waals surface area contributed by atoms with E-state index < -0.39 is 0 Å². The summed E-state index contributed by atoms with van der Waals surface area (Å²) in [5.74, 6) is 0. The summed E-state index contributed by atoms with van der Waals surface area (Å²) in [6.45, 7) is 0.628. The maximum Gasteiger partial charge on any atom is 0.0672 e. The second kappa shape index (κ2) is 4.82. The van der Waals surface area contributed by atoms with Crippen LogP contribution < -0.4 is 11.1 Å². The average Bonchev–Trinajstić information content (AvgIpc) is 2.84. The second-order valence-electron chi connectivity index (χ2n) is 4.34. The van der Waals surface area contributed by atoms with Crippen molar-refractivity contribution < 1.29 is 0 Å². The van der Waals surface area contributed by atoms with Crippen molar-refractivity contribution in [3.05, 3.63) is 53.2 Å². The molecule has 0 aliphatic carbocycles. The van der Waals surface area contributed by atoms with Crippen LogP contribution in [0.3, 0.4) is 0 Å². The van der Waals surface area contributed by atoms with Crippen molar-refractivity contribution >= 4 is 33.9 Å². The number of rotatable bonds is 3. The van der Waals surface area contributed by atoms with Crippen molar-refractivity contribution in [3.63, 3.8) is 0 Å². The van der Waals surface area contributed by atoms with Crippen molar-refractivity contribution in [1.82, 2.24) is 10.2 Å². The van der Waals surface area contributed by atoms with Gasteiger partial charge < -0.3 is 11.1 Å². The highest BCUT2D eigenvalue weighted by Gasteiger charge is 2.04. The van der Waals surface area contributed by atoms with E-state index in [0.29, 0.717) is 12.2 Å². The molecule has 4 nitrogen and oxygen atoms in total. The summed E-state index contributed by atoms with van der Waals surface area (Å²) in [5, 5.41) is 12.0. The summed E-state index contributed by atoms with van der Waals surface area (Å²) >= 11 is 6.12. The average molecular weight is 273 g/mol. The standard InChI is InChI=1S/C14H13ClN4/c15-11-4-2-1-3-9(11)7-17-14-6-13-10(5-12(14)16)8-18-19-13/h1-6,8,17H,7,16H2,(H,18,19). The summed E-state index contributed by atoms with van der Waals surface area (Å²) in [5.41, 5.74) is 9.57. The van der Waals surface area contributed by atoms with Crippen LogP contribution in [0.25, 0.3) is 10.9 Å². The Hall–Kier alpha value is -2.20. The van der Waals surface area contributed by atoms with Gasteiger partial charge in [-0.15, -0.1) is 0 Å². The van der Waals surface area contributed by atoms with Gasteiger partial charge in [-0.3, -0.25) is 5.10 Å². The molecule has 0 fully saturated rings. The lowest BCUT2D eigenvalue weighted by molar-refractivity contribution is 1.12. The minimum atomic E-state index is 0.628. The number of H-pyrrole nitrogens is 1. The highest BCUT2D eigenvalue weighted by Crippen LogP contribution is 2.25. The molecule has 0 aliphatic heterocycles. The van der Waals surface area contributed by atoms with Crippen molar-refractivity contribution in [2.75, 3.05) is 11.1 Å². The van der Waals surface area contributed by atoms with Crippen LogP contribution in [0.1, 0.15) is 5.56 Å². The Morgan fingerprint density at radius 3 is 2.95 bits per heavy atom. The summed E-state index contributed by atoms with van der Waals surface area (Å²) in [6.07, 6.45) is 1.75. The Kier molecular flexibility index (Phi) is 3.01. The first kappa shape index (κ1) is 11.9. The van der Waals surface area contributed by atoms with Crippen LogP contribution in [-0.2, 0) is 6.54 Å². The SMILES string of the molecule is Nc1cc2cn[nH]c2cc1NCc1ccccc1Cl. The Balaban J connectivity index is 1.85. The van der Waals surface area contributed by atoms with Crippen LogP contribution in [0.15, 0.2) is 42.6 Å². The number of nitrogens with two attached hydrogens (primary N) is 1. The molecule has 1 heterocycles. The molecule has 96 valence electrons. The zero-order chi connectivity index (χ0) is 13.2. The molecular formula is C14H13ClN4. The zero-order valence-electron chi connectivity index (χ0n) is 10.2. The number of nitrogens with zero attached hydrogens (tertiary/aromatic N) is 1. The fraction of sp³-hybridized carbons (Fsp3) is 0.0714. The summed E-state index contributed by atoms with van der Waals surface area (Å²) in [6, 6.07) is 11.6. The molecule has 1 aromatic heterocycles. The van der Waals surface area contributed by atoms with Crippen molar-refractivity contribution in [1.29, 1.82) is 0 Å². The molecule has 2 aromatic carbocycles. The first-order chi connectivity index (χ1) is 9.24. The molecule has 0 amide bonds. The van der Waals surface area contributed by atoms with Crippen molar-refractivity contribution in [2.24, 2.45) is 0 Å². The molecular weight excluding hydrogens is 260 g/mol. The number of halogens is 1. The Bertz CT molecular complexity index is 720. The number of nitrogens with one attached hydrogen (secondary N) is 2. The van der Waals surface area contributed by atoms with Gasteiger partial charge in [0.05, 0.1) is 23.1 Å². The normalized spacial score (nSPS) is 10.8. The lowest BCUT2D eigenvalue weighted by Crippen LogP contribution is -2.02. The predicted molar refractivity (Wildman–Crippen MR) is 79.3 cm³/mol. The zero-order valence-corrected chi connectivity index (χ0v) is 10.9. The van der Waals surface area contributed by atoms with Gasteiger partial charge in [0, 0.05) is 17.0 Å². The molecule has 0 radical (unpaired) electrons. The van der Waals surface area contributed by atoms with E-state index in [1.807, 2.05) is 36.4 Å². The fourth-order valence-corrected chi connectivity index (χ4v) is 2.20. The van der Waals surface area contributed by atoms with Gasteiger partial charge in [-0.1, -0.05) is 29.8 Å². The van der Waals surface area contributed by atoms with Gasteiger partial charge in [0.25, 0.3) is 0 Å². The van der Waals surface area contributed by atoms with Gasteiger partial charge in [0.15, 0.2) is 0 Å². The van der Waals surface area contributed by atoms with E-state index in [0.717, 1.165) is 27.2 Å². The van der Waals surface area contributed by atoms with E-state index >= 15 is 0 Å². The number of aromatic amines is 1. The predicted octanol–water partition coefficient (Wildman–Crippen LogP) is 3.41. The topological polar surface area (TPSA) is 66.7 Å². The molecule has 0 spiro atoms. The van der Waals surface area contributed by atoms with Gasteiger partial charge in [-0.05, 0) is 23.8 Å². The van der Waals surface area contributed by atoms with Gasteiger partial charge >= 0.3 is 0 Å². The minimum absolute atomic E-state index is 0.628. The quantitative estimate of drug-likeness (QED) is 0.640. The van der Waals surface area contributed by atoms with E-state index in [9.17, 15) is 0 Å². The highest BCUT2D eigenvalue weighted by molar-refractivity contribution is 6.31. The van der Waals surface area contributed by atoms with Gasteiger partial charge in [-0.25, -0.2) is 0 Å². The van der Waals surface area contributed by atoms with Gasteiger partial charge in [-0.2, -0.15) is 5.10 Å². The molecule has 3 rings (SSSR count). The number of fused-ring (bicyclic) bond motifs is 1. The lowest BCUT2D eigenvalue weighted by Gasteiger charge is -2.10. The third-order valence-corrected chi connectivity index (χ3v) is 3.41. The molecule has 0 saturated heterocycles. The third-order valence-electron chi connectivity index (χ3n) is 3.04. The molecule has 19 heavy (non-hydrogen) atoms. The number of hydrogen-bond donors (Lipinski definition) is 3. The molecule has 3 aromatic rings. The van der Waals surface area contributed by atoms with E-state index in [2.05, 4.69) is 15.5 Å². The molecule has 0 aliphatic rings. The Morgan fingerprint density at radius 2 is 2.11 bits per heavy atom. The first-order valence-electron chi connectivity index (χ1n) is 5.94. The van der Waals surface area contributed by atoms with Crippen LogP contribution in [0, 0.1) is 0 Å². The highest BCUT2D eigenvalue weighted by atomic mass is 35.5. The largest absolute Gasteiger partial charge is 0.397 e. The van der Waals surface area contributed by atoms with Crippen molar-refractivity contribution in [3.8, 4) is 0 Å². The summed E-state index contributed by atoms with van der Waals surface area (Å²) < 4.78 is 0. The molecule has 4 N–H and O–H groups in total. The maximum absolute atomic E-state index is 6.12. The summed E-state index contributed by atoms with van der Waals surface area (Å²) in [4.78, 5) is 0. The minimum Gasteiger partial charge on any atom is -0.397 e. The number of nitrogen functional groups attached to an aromatic ring is 1. The molecule has 0 atom stereocenters.